The van der Waals surface area contributed by atoms with Gasteiger partial charge in [0.1, 0.15) is 3.70 Å². The normalized spacial score (nSPS) is 10.3. The Morgan fingerprint density at radius 2 is 1.33 bits per heavy atom. The van der Waals surface area contributed by atoms with E-state index in [2.05, 4.69) is 48.5 Å². The molecule has 0 unspecified atom stereocenters. The number of hydrogen-bond acceptors (Lipinski definition) is 5. The monoisotopic (exact) mass is 507 g/mol. The van der Waals surface area contributed by atoms with Crippen molar-refractivity contribution in [1.82, 2.24) is 9.97 Å². The van der Waals surface area contributed by atoms with Gasteiger partial charge in [0.05, 0.1) is 0 Å². The van der Waals surface area contributed by atoms with Gasteiger partial charge < -0.3 is 16.0 Å². The number of aromatic nitrogens is 2. The summed E-state index contributed by atoms with van der Waals surface area (Å²) in [7, 11) is 0. The molecule has 0 saturated heterocycles. The molecule has 0 spiro atoms. The molecule has 0 aliphatic rings. The van der Waals surface area contributed by atoms with Crippen molar-refractivity contribution >= 4 is 56.9 Å². The summed E-state index contributed by atoms with van der Waals surface area (Å²) in [6.07, 6.45) is 5.20. The van der Waals surface area contributed by atoms with Crippen molar-refractivity contribution in [2.75, 3.05) is 16.0 Å². The number of nitrogens with one attached hydrogen (secondary N) is 3. The molecule has 0 bridgehead atoms. The van der Waals surface area contributed by atoms with E-state index in [1.807, 2.05) is 60.7 Å². The molecular weight excluding hydrogens is 489 g/mol. The van der Waals surface area contributed by atoms with Gasteiger partial charge >= 0.3 is 0 Å². The minimum atomic E-state index is -0.166. The number of pyridine rings is 2. The summed E-state index contributed by atoms with van der Waals surface area (Å²) in [5, 5.41) is 9.53. The van der Waals surface area contributed by atoms with Crippen molar-refractivity contribution in [1.29, 1.82) is 0 Å². The van der Waals surface area contributed by atoms with E-state index in [9.17, 15) is 4.79 Å². The number of rotatable bonds is 6. The van der Waals surface area contributed by atoms with E-state index < -0.39 is 0 Å². The fourth-order valence-electron chi connectivity index (χ4n) is 2.83. The molecule has 148 valence electrons. The van der Waals surface area contributed by atoms with Crippen molar-refractivity contribution in [3.63, 3.8) is 0 Å². The summed E-state index contributed by atoms with van der Waals surface area (Å²) in [4.78, 5) is 20.8. The van der Waals surface area contributed by atoms with Crippen LogP contribution in [0.1, 0.15) is 10.4 Å². The number of carbonyl (C=O) groups is 1. The molecule has 0 radical (unpaired) electrons. The molecule has 4 aromatic rings. The van der Waals surface area contributed by atoms with Crippen LogP contribution in [0.2, 0.25) is 0 Å². The zero-order valence-electron chi connectivity index (χ0n) is 15.8. The topological polar surface area (TPSA) is 78.9 Å². The van der Waals surface area contributed by atoms with Crippen LogP contribution in [-0.4, -0.2) is 15.9 Å². The van der Waals surface area contributed by atoms with Crippen molar-refractivity contribution in [3.05, 3.63) is 101 Å². The van der Waals surface area contributed by atoms with Crippen LogP contribution in [0.15, 0.2) is 91.4 Å². The van der Waals surface area contributed by atoms with Gasteiger partial charge in [-0.25, -0.2) is 0 Å². The van der Waals surface area contributed by atoms with E-state index in [1.165, 1.54) is 0 Å². The van der Waals surface area contributed by atoms with Crippen molar-refractivity contribution in [3.8, 4) is 0 Å². The van der Waals surface area contributed by atoms with Crippen molar-refractivity contribution < 1.29 is 4.79 Å². The maximum Gasteiger partial charge on any atom is 0.255 e. The van der Waals surface area contributed by atoms with Crippen LogP contribution >= 0.6 is 22.6 Å². The quantitative estimate of drug-likeness (QED) is 0.227. The summed E-state index contributed by atoms with van der Waals surface area (Å²) in [5.74, 6) is -0.166. The van der Waals surface area contributed by atoms with Crippen LogP contribution < -0.4 is 16.0 Å². The van der Waals surface area contributed by atoms with E-state index in [4.69, 9.17) is 0 Å². The average Bonchev–Trinajstić information content (AvgIpc) is 2.75. The standard InChI is InChI=1S/C23H18IN5O/c24-22-15-21(10-13-26-22)28-19-2-1-3-20(14-19)29-23(30)16-4-6-17(7-5-16)27-18-8-11-25-12-9-18/h1-15H,(H,25,27)(H,26,28)(H,29,30). The third-order valence-electron chi connectivity index (χ3n) is 4.25. The van der Waals surface area contributed by atoms with Gasteiger partial charge in [-0.2, -0.15) is 0 Å². The molecule has 4 rings (SSSR count). The molecule has 0 aliphatic carbocycles. The van der Waals surface area contributed by atoms with Gasteiger partial charge in [-0.05, 0) is 89.3 Å². The lowest BCUT2D eigenvalue weighted by molar-refractivity contribution is 0.102. The van der Waals surface area contributed by atoms with E-state index >= 15 is 0 Å². The summed E-state index contributed by atoms with van der Waals surface area (Å²) in [6.45, 7) is 0. The Kier molecular flexibility index (Phi) is 6.19. The highest BCUT2D eigenvalue weighted by molar-refractivity contribution is 14.1. The molecule has 0 atom stereocenters. The molecule has 30 heavy (non-hydrogen) atoms. The molecule has 0 fully saturated rings. The number of benzene rings is 2. The van der Waals surface area contributed by atoms with Gasteiger partial charge in [-0.3, -0.25) is 14.8 Å². The second kappa shape index (κ2) is 9.36. The molecule has 0 aliphatic heterocycles. The highest BCUT2D eigenvalue weighted by Gasteiger charge is 2.07. The van der Waals surface area contributed by atoms with E-state index in [0.717, 1.165) is 26.5 Å². The Bertz CT molecular complexity index is 1150. The molecule has 6 nitrogen and oxygen atoms in total. The van der Waals surface area contributed by atoms with Gasteiger partial charge in [0.2, 0.25) is 0 Å². The highest BCUT2D eigenvalue weighted by atomic mass is 127. The third-order valence-corrected chi connectivity index (χ3v) is 4.84. The Labute approximate surface area is 187 Å². The van der Waals surface area contributed by atoms with Gasteiger partial charge in [0.25, 0.3) is 5.91 Å². The second-order valence-corrected chi connectivity index (χ2v) is 7.57. The first kappa shape index (κ1) is 19.8. The number of halogens is 1. The van der Waals surface area contributed by atoms with Crippen LogP contribution in [0.25, 0.3) is 0 Å². The molecule has 2 aromatic carbocycles. The largest absolute Gasteiger partial charge is 0.355 e. The molecule has 2 heterocycles. The summed E-state index contributed by atoms with van der Waals surface area (Å²) in [6, 6.07) is 22.5. The number of carbonyl (C=O) groups excluding carboxylic acids is 1. The minimum absolute atomic E-state index is 0.166. The van der Waals surface area contributed by atoms with E-state index in [-0.39, 0.29) is 5.91 Å². The summed E-state index contributed by atoms with van der Waals surface area (Å²) >= 11 is 2.17. The molecular formula is C23H18IN5O. The lowest BCUT2D eigenvalue weighted by Crippen LogP contribution is -2.11. The summed E-state index contributed by atoms with van der Waals surface area (Å²) in [5.41, 5.74) is 4.96. The maximum absolute atomic E-state index is 12.6. The highest BCUT2D eigenvalue weighted by Crippen LogP contribution is 2.22. The number of hydrogen-bond donors (Lipinski definition) is 3. The van der Waals surface area contributed by atoms with Gasteiger partial charge in [0.15, 0.2) is 0 Å². The first-order valence-corrected chi connectivity index (χ1v) is 10.3. The number of anilines is 5. The zero-order valence-corrected chi connectivity index (χ0v) is 18.0. The minimum Gasteiger partial charge on any atom is -0.355 e. The van der Waals surface area contributed by atoms with Crippen LogP contribution in [0.3, 0.4) is 0 Å². The average molecular weight is 507 g/mol. The molecule has 2 aromatic heterocycles. The second-order valence-electron chi connectivity index (χ2n) is 6.47. The molecule has 7 heteroatoms. The van der Waals surface area contributed by atoms with Crippen LogP contribution in [-0.2, 0) is 0 Å². The Hall–Kier alpha value is -3.46. The molecule has 0 saturated carbocycles. The van der Waals surface area contributed by atoms with E-state index in [1.54, 1.807) is 30.7 Å². The third kappa shape index (κ3) is 5.32. The lowest BCUT2D eigenvalue weighted by Gasteiger charge is -2.10. The smallest absolute Gasteiger partial charge is 0.255 e. The van der Waals surface area contributed by atoms with Crippen molar-refractivity contribution in [2.45, 2.75) is 0 Å². The van der Waals surface area contributed by atoms with Crippen LogP contribution in [0, 0.1) is 3.70 Å². The Balaban J connectivity index is 1.41. The fourth-order valence-corrected chi connectivity index (χ4v) is 3.33. The number of nitrogens with zero attached hydrogens (tertiary/aromatic N) is 2. The Morgan fingerprint density at radius 3 is 2.10 bits per heavy atom. The van der Waals surface area contributed by atoms with Gasteiger partial charge in [0, 0.05) is 52.6 Å². The SMILES string of the molecule is O=C(Nc1cccc(Nc2ccnc(I)c2)c1)c1ccc(Nc2ccncc2)cc1. The number of amides is 1. The predicted molar refractivity (Wildman–Crippen MR) is 129 cm³/mol. The predicted octanol–water partition coefficient (Wildman–Crippen LogP) is 5.82. The first-order valence-electron chi connectivity index (χ1n) is 9.23. The van der Waals surface area contributed by atoms with E-state index in [0.29, 0.717) is 11.3 Å². The molecule has 3 N–H and O–H groups in total. The fraction of sp³-hybridized carbons (Fsp3) is 0. The summed E-state index contributed by atoms with van der Waals surface area (Å²) < 4.78 is 0.906. The van der Waals surface area contributed by atoms with Gasteiger partial charge in [-0.1, -0.05) is 6.07 Å². The van der Waals surface area contributed by atoms with Crippen LogP contribution in [0.4, 0.5) is 28.4 Å². The Morgan fingerprint density at radius 1 is 0.700 bits per heavy atom. The van der Waals surface area contributed by atoms with Crippen molar-refractivity contribution in [2.24, 2.45) is 0 Å². The molecule has 1 amide bonds. The lowest BCUT2D eigenvalue weighted by atomic mass is 10.1. The zero-order chi connectivity index (χ0) is 20.8. The first-order chi connectivity index (χ1) is 14.7. The van der Waals surface area contributed by atoms with Gasteiger partial charge in [-0.15, -0.1) is 0 Å². The van der Waals surface area contributed by atoms with Crippen LogP contribution in [0.5, 0.6) is 0 Å². The maximum atomic E-state index is 12.6.